The van der Waals surface area contributed by atoms with Crippen molar-refractivity contribution in [1.29, 1.82) is 0 Å². The molecule has 1 aromatic rings. The zero-order chi connectivity index (χ0) is 14.2. The minimum Gasteiger partial charge on any atom is -0.364 e. The molecule has 1 N–H and O–H groups in total. The van der Waals surface area contributed by atoms with Crippen molar-refractivity contribution in [2.24, 2.45) is 5.92 Å². The summed E-state index contributed by atoms with van der Waals surface area (Å²) in [7, 11) is 0. The van der Waals surface area contributed by atoms with Gasteiger partial charge in [0.25, 0.3) is 5.91 Å². The highest BCUT2D eigenvalue weighted by Crippen LogP contribution is 2.15. The maximum Gasteiger partial charge on any atom is 0.273 e. The number of piperidine rings is 1. The van der Waals surface area contributed by atoms with Crippen molar-refractivity contribution in [2.75, 3.05) is 26.2 Å². The van der Waals surface area contributed by atoms with Gasteiger partial charge in [0, 0.05) is 25.6 Å². The lowest BCUT2D eigenvalue weighted by atomic mass is 9.98. The molecule has 5 heteroatoms. The van der Waals surface area contributed by atoms with E-state index >= 15 is 0 Å². The molecular formula is C15H21N3O2. The average molecular weight is 275 g/mol. The predicted molar refractivity (Wildman–Crippen MR) is 76.1 cm³/mol. The number of amides is 1. The van der Waals surface area contributed by atoms with Gasteiger partial charge >= 0.3 is 0 Å². The molecule has 1 aliphatic rings. The van der Waals surface area contributed by atoms with Gasteiger partial charge in [0.15, 0.2) is 5.69 Å². The monoisotopic (exact) mass is 275 g/mol. The molecule has 1 aromatic heterocycles. The Labute approximate surface area is 119 Å². The summed E-state index contributed by atoms with van der Waals surface area (Å²) in [4.78, 5) is 14.1. The van der Waals surface area contributed by atoms with Gasteiger partial charge in [0.1, 0.15) is 6.26 Å². The van der Waals surface area contributed by atoms with Crippen molar-refractivity contribution in [3.8, 4) is 11.8 Å². The van der Waals surface area contributed by atoms with Crippen molar-refractivity contribution in [3.05, 3.63) is 18.0 Å². The number of aromatic nitrogens is 1. The Morgan fingerprint density at radius 1 is 1.60 bits per heavy atom. The molecule has 0 spiro atoms. The molecule has 2 rings (SSSR count). The molecule has 1 aliphatic heterocycles. The molecule has 1 atom stereocenters. The molecule has 0 aliphatic carbocycles. The highest BCUT2D eigenvalue weighted by atomic mass is 16.5. The molecule has 0 aromatic carbocycles. The van der Waals surface area contributed by atoms with Gasteiger partial charge in [0.05, 0.1) is 6.54 Å². The first-order chi connectivity index (χ1) is 9.79. The smallest absolute Gasteiger partial charge is 0.273 e. The van der Waals surface area contributed by atoms with Crippen molar-refractivity contribution in [3.63, 3.8) is 0 Å². The Balaban J connectivity index is 1.74. The van der Waals surface area contributed by atoms with E-state index in [4.69, 9.17) is 0 Å². The fourth-order valence-electron chi connectivity index (χ4n) is 2.41. The zero-order valence-corrected chi connectivity index (χ0v) is 11.9. The molecule has 1 unspecified atom stereocenters. The van der Waals surface area contributed by atoms with E-state index in [0.717, 1.165) is 38.9 Å². The van der Waals surface area contributed by atoms with Crippen LogP contribution in [-0.2, 0) is 0 Å². The van der Waals surface area contributed by atoms with E-state index in [1.807, 2.05) is 0 Å². The van der Waals surface area contributed by atoms with E-state index in [0.29, 0.717) is 18.2 Å². The summed E-state index contributed by atoms with van der Waals surface area (Å²) < 4.78 is 4.67. The number of hydrogen-bond acceptors (Lipinski definition) is 4. The molecule has 1 saturated heterocycles. The van der Waals surface area contributed by atoms with E-state index in [1.165, 1.54) is 6.26 Å². The first-order valence-corrected chi connectivity index (χ1v) is 7.16. The van der Waals surface area contributed by atoms with E-state index in [2.05, 4.69) is 38.7 Å². The van der Waals surface area contributed by atoms with Crippen molar-refractivity contribution >= 4 is 5.91 Å². The summed E-state index contributed by atoms with van der Waals surface area (Å²) in [6.07, 6.45) is 4.63. The van der Waals surface area contributed by atoms with Crippen LogP contribution in [-0.4, -0.2) is 42.1 Å². The van der Waals surface area contributed by atoms with Crippen LogP contribution in [0.25, 0.3) is 0 Å². The Hall–Kier alpha value is -1.80. The fraction of sp³-hybridized carbons (Fsp3) is 0.600. The summed E-state index contributed by atoms with van der Waals surface area (Å²) >= 11 is 0. The van der Waals surface area contributed by atoms with Crippen LogP contribution in [0.4, 0.5) is 0 Å². The Bertz CT molecular complexity index is 473. The van der Waals surface area contributed by atoms with Gasteiger partial charge in [-0.2, -0.15) is 0 Å². The molecule has 20 heavy (non-hydrogen) atoms. The van der Waals surface area contributed by atoms with Crippen LogP contribution in [0.15, 0.2) is 16.9 Å². The van der Waals surface area contributed by atoms with E-state index in [1.54, 1.807) is 6.07 Å². The molecule has 0 bridgehead atoms. The summed E-state index contributed by atoms with van der Waals surface area (Å²) in [5.41, 5.74) is 0.339. The first-order valence-electron chi connectivity index (χ1n) is 7.16. The minimum atomic E-state index is -0.165. The number of rotatable bonds is 4. The third-order valence-corrected chi connectivity index (χ3v) is 3.43. The van der Waals surface area contributed by atoms with Crippen LogP contribution < -0.4 is 5.32 Å². The molecule has 0 radical (unpaired) electrons. The summed E-state index contributed by atoms with van der Waals surface area (Å²) in [6, 6.07) is 1.57. The third-order valence-electron chi connectivity index (χ3n) is 3.43. The second-order valence-electron chi connectivity index (χ2n) is 5.05. The molecule has 0 saturated carbocycles. The number of nitrogens with zero attached hydrogens (tertiary/aromatic N) is 2. The normalized spacial score (nSPS) is 19.1. The lowest BCUT2D eigenvalue weighted by molar-refractivity contribution is 0.0926. The van der Waals surface area contributed by atoms with Crippen molar-refractivity contribution < 1.29 is 9.32 Å². The van der Waals surface area contributed by atoms with Gasteiger partial charge in [-0.05, 0) is 25.3 Å². The summed E-state index contributed by atoms with van der Waals surface area (Å²) in [5.74, 6) is 6.60. The molecule has 1 fully saturated rings. The highest BCUT2D eigenvalue weighted by molar-refractivity contribution is 5.91. The fourth-order valence-corrected chi connectivity index (χ4v) is 2.41. The molecule has 1 amide bonds. The van der Waals surface area contributed by atoms with Crippen LogP contribution in [0.3, 0.4) is 0 Å². The van der Waals surface area contributed by atoms with Crippen LogP contribution in [0, 0.1) is 17.8 Å². The lowest BCUT2D eigenvalue weighted by Crippen LogP contribution is -2.41. The van der Waals surface area contributed by atoms with Crippen molar-refractivity contribution in [2.45, 2.75) is 26.2 Å². The van der Waals surface area contributed by atoms with Crippen LogP contribution in [0.5, 0.6) is 0 Å². The highest BCUT2D eigenvalue weighted by Gasteiger charge is 2.20. The number of carbonyl (C=O) groups excluding carboxylic acids is 1. The Morgan fingerprint density at radius 2 is 2.50 bits per heavy atom. The Morgan fingerprint density at radius 3 is 3.25 bits per heavy atom. The topological polar surface area (TPSA) is 58.4 Å². The molecular weight excluding hydrogens is 254 g/mol. The van der Waals surface area contributed by atoms with E-state index in [9.17, 15) is 4.79 Å². The lowest BCUT2D eigenvalue weighted by Gasteiger charge is -2.31. The number of nitrogens with one attached hydrogen (secondary N) is 1. The predicted octanol–water partition coefficient (Wildman–Crippen LogP) is 1.53. The number of likely N-dealkylation sites (tertiary alicyclic amines) is 1. The van der Waals surface area contributed by atoms with Gasteiger partial charge in [-0.1, -0.05) is 18.0 Å². The van der Waals surface area contributed by atoms with E-state index < -0.39 is 0 Å². The maximum atomic E-state index is 11.8. The SMILES string of the molecule is CCC#CCN1CCCC(CNC(=O)c2ccon2)C1. The minimum absolute atomic E-state index is 0.165. The first kappa shape index (κ1) is 14.6. The van der Waals surface area contributed by atoms with Gasteiger partial charge in [-0.25, -0.2) is 0 Å². The van der Waals surface area contributed by atoms with Crippen LogP contribution in [0.2, 0.25) is 0 Å². The largest absolute Gasteiger partial charge is 0.364 e. The Kier molecular flexibility index (Phi) is 5.63. The van der Waals surface area contributed by atoms with Crippen LogP contribution in [0.1, 0.15) is 36.7 Å². The number of hydrogen-bond donors (Lipinski definition) is 1. The molecule has 5 nitrogen and oxygen atoms in total. The summed E-state index contributed by atoms with van der Waals surface area (Å²) in [5, 5.41) is 6.55. The standard InChI is InChI=1S/C15H21N3O2/c1-2-3-4-8-18-9-5-6-13(12-18)11-16-15(19)14-7-10-20-17-14/h7,10,13H,2,5-6,8-9,11-12H2,1H3,(H,16,19). The van der Waals surface area contributed by atoms with Gasteiger partial charge in [-0.3, -0.25) is 9.69 Å². The second kappa shape index (κ2) is 7.71. The third kappa shape index (κ3) is 4.39. The average Bonchev–Trinajstić information content (AvgIpc) is 3.00. The van der Waals surface area contributed by atoms with Gasteiger partial charge in [-0.15, -0.1) is 5.92 Å². The van der Waals surface area contributed by atoms with E-state index in [-0.39, 0.29) is 5.91 Å². The molecule has 2 heterocycles. The zero-order valence-electron chi connectivity index (χ0n) is 11.9. The van der Waals surface area contributed by atoms with Gasteiger partial charge in [0.2, 0.25) is 0 Å². The molecule has 108 valence electrons. The summed E-state index contributed by atoms with van der Waals surface area (Å²) in [6.45, 7) is 5.68. The van der Waals surface area contributed by atoms with Crippen LogP contribution >= 0.6 is 0 Å². The van der Waals surface area contributed by atoms with Crippen molar-refractivity contribution in [1.82, 2.24) is 15.4 Å². The maximum absolute atomic E-state index is 11.8. The second-order valence-corrected chi connectivity index (χ2v) is 5.05. The number of carbonyl (C=O) groups is 1. The quantitative estimate of drug-likeness (QED) is 0.847. The van der Waals surface area contributed by atoms with Gasteiger partial charge < -0.3 is 9.84 Å².